The van der Waals surface area contributed by atoms with E-state index in [1.807, 2.05) is 26.2 Å². The summed E-state index contributed by atoms with van der Waals surface area (Å²) in [5, 5.41) is 3.22. The van der Waals surface area contributed by atoms with E-state index in [1.165, 1.54) is 11.3 Å². The molecule has 3 heterocycles. The van der Waals surface area contributed by atoms with Gasteiger partial charge in [-0.05, 0) is 56.8 Å². The molecule has 7 nitrogen and oxygen atoms in total. The lowest BCUT2D eigenvalue weighted by Crippen LogP contribution is -2.23. The number of amides is 1. The Morgan fingerprint density at radius 3 is 2.55 bits per heavy atom. The summed E-state index contributed by atoms with van der Waals surface area (Å²) in [5.41, 5.74) is 2.14. The van der Waals surface area contributed by atoms with Crippen molar-refractivity contribution in [2.75, 3.05) is 32.6 Å². The SMILES string of the molecule is CN(C)Cc1ccc(C(=O)Nc2nc(-c3ccco3)c(C(=O)C3CCOCC3)s2)cc1. The second kappa shape index (κ2) is 9.55. The second-order valence-electron chi connectivity index (χ2n) is 7.81. The predicted octanol–water partition coefficient (Wildman–Crippen LogP) is 4.33. The summed E-state index contributed by atoms with van der Waals surface area (Å²) in [5.74, 6) is 0.179. The molecule has 8 heteroatoms. The maximum Gasteiger partial charge on any atom is 0.257 e. The van der Waals surface area contributed by atoms with Crippen molar-refractivity contribution in [1.82, 2.24) is 9.88 Å². The van der Waals surface area contributed by atoms with Gasteiger partial charge in [-0.2, -0.15) is 0 Å². The fourth-order valence-electron chi connectivity index (χ4n) is 3.56. The first-order valence-corrected chi connectivity index (χ1v) is 11.0. The predicted molar refractivity (Wildman–Crippen MR) is 119 cm³/mol. The van der Waals surface area contributed by atoms with Crippen LogP contribution in [-0.4, -0.2) is 48.9 Å². The van der Waals surface area contributed by atoms with Gasteiger partial charge in [-0.25, -0.2) is 4.98 Å². The lowest BCUT2D eigenvalue weighted by atomic mass is 9.94. The minimum atomic E-state index is -0.263. The number of benzene rings is 1. The van der Waals surface area contributed by atoms with Gasteiger partial charge in [0.2, 0.25) is 0 Å². The number of carbonyl (C=O) groups is 2. The molecular formula is C23H25N3O4S. The Bertz CT molecular complexity index is 1040. The van der Waals surface area contributed by atoms with Crippen LogP contribution >= 0.6 is 11.3 Å². The summed E-state index contributed by atoms with van der Waals surface area (Å²) in [6.07, 6.45) is 2.93. The minimum absolute atomic E-state index is 0.0285. The van der Waals surface area contributed by atoms with Gasteiger partial charge in [0.05, 0.1) is 6.26 Å². The van der Waals surface area contributed by atoms with Crippen LogP contribution in [0.1, 0.15) is 38.4 Å². The molecule has 0 unspecified atom stereocenters. The number of hydrogen-bond donors (Lipinski definition) is 1. The Kier molecular flexibility index (Phi) is 6.60. The van der Waals surface area contributed by atoms with Gasteiger partial charge in [0.25, 0.3) is 5.91 Å². The van der Waals surface area contributed by atoms with Crippen LogP contribution in [0.25, 0.3) is 11.5 Å². The van der Waals surface area contributed by atoms with Gasteiger partial charge in [-0.1, -0.05) is 23.5 Å². The molecule has 0 atom stereocenters. The zero-order valence-electron chi connectivity index (χ0n) is 17.6. The van der Waals surface area contributed by atoms with Crippen molar-refractivity contribution in [3.63, 3.8) is 0 Å². The van der Waals surface area contributed by atoms with E-state index in [4.69, 9.17) is 9.15 Å². The highest BCUT2D eigenvalue weighted by Crippen LogP contribution is 2.35. The van der Waals surface area contributed by atoms with Crippen LogP contribution in [0.4, 0.5) is 5.13 Å². The normalized spacial score (nSPS) is 14.7. The van der Waals surface area contributed by atoms with E-state index in [1.54, 1.807) is 30.5 Å². The van der Waals surface area contributed by atoms with Gasteiger partial charge in [0.15, 0.2) is 16.7 Å². The number of ketones is 1. The third-order valence-electron chi connectivity index (χ3n) is 5.13. The van der Waals surface area contributed by atoms with Crippen molar-refractivity contribution in [3.05, 3.63) is 58.7 Å². The summed E-state index contributed by atoms with van der Waals surface area (Å²) in [6, 6.07) is 11.0. The van der Waals surface area contributed by atoms with E-state index in [0.29, 0.717) is 53.1 Å². The molecular weight excluding hydrogens is 414 g/mol. The summed E-state index contributed by atoms with van der Waals surface area (Å²) in [7, 11) is 4.00. The Hall–Kier alpha value is -2.81. The number of furan rings is 1. The van der Waals surface area contributed by atoms with E-state index in [2.05, 4.69) is 15.2 Å². The molecule has 1 aliphatic rings. The number of thiazole rings is 1. The molecule has 0 bridgehead atoms. The zero-order chi connectivity index (χ0) is 21.8. The molecule has 1 N–H and O–H groups in total. The number of nitrogens with one attached hydrogen (secondary N) is 1. The van der Waals surface area contributed by atoms with Crippen molar-refractivity contribution >= 4 is 28.2 Å². The first-order valence-electron chi connectivity index (χ1n) is 10.2. The number of Topliss-reactive ketones (excluding diaryl/α,β-unsaturated/α-hetero) is 1. The topological polar surface area (TPSA) is 84.7 Å². The molecule has 162 valence electrons. The maximum atomic E-state index is 13.2. The number of anilines is 1. The number of aromatic nitrogens is 1. The quantitative estimate of drug-likeness (QED) is 0.552. The number of carbonyl (C=O) groups excluding carboxylic acids is 2. The van der Waals surface area contributed by atoms with Gasteiger partial charge >= 0.3 is 0 Å². The van der Waals surface area contributed by atoms with Crippen molar-refractivity contribution in [3.8, 4) is 11.5 Å². The standard InChI is InChI=1S/C23H25N3O4S/c1-26(2)14-15-5-7-17(8-6-15)22(28)25-23-24-19(18-4-3-11-30-18)21(31-23)20(27)16-9-12-29-13-10-16/h3-8,11,16H,9-10,12-14H2,1-2H3,(H,24,25,28). The molecule has 3 aromatic rings. The second-order valence-corrected chi connectivity index (χ2v) is 8.81. The molecule has 0 aliphatic carbocycles. The Balaban J connectivity index is 1.55. The van der Waals surface area contributed by atoms with Gasteiger partial charge in [-0.3, -0.25) is 14.9 Å². The van der Waals surface area contributed by atoms with Crippen LogP contribution in [0, 0.1) is 5.92 Å². The summed E-state index contributed by atoms with van der Waals surface area (Å²) in [6.45, 7) is 1.97. The van der Waals surface area contributed by atoms with E-state index in [9.17, 15) is 9.59 Å². The first kappa shape index (κ1) is 21.4. The molecule has 1 saturated heterocycles. The van der Waals surface area contributed by atoms with E-state index in [0.717, 1.165) is 12.1 Å². The molecule has 1 aromatic carbocycles. The Morgan fingerprint density at radius 1 is 1.16 bits per heavy atom. The van der Waals surface area contributed by atoms with E-state index in [-0.39, 0.29) is 17.6 Å². The summed E-state index contributed by atoms with van der Waals surface area (Å²) in [4.78, 5) is 33.0. The first-order chi connectivity index (χ1) is 15.0. The molecule has 2 aromatic heterocycles. The van der Waals surface area contributed by atoms with E-state index >= 15 is 0 Å². The molecule has 0 saturated carbocycles. The van der Waals surface area contributed by atoms with Gasteiger partial charge in [0.1, 0.15) is 10.6 Å². The Morgan fingerprint density at radius 2 is 1.90 bits per heavy atom. The van der Waals surface area contributed by atoms with Crippen molar-refractivity contribution in [2.24, 2.45) is 5.92 Å². The van der Waals surface area contributed by atoms with Crippen LogP contribution < -0.4 is 5.32 Å². The van der Waals surface area contributed by atoms with Crippen LogP contribution in [0.2, 0.25) is 0 Å². The molecule has 0 radical (unpaired) electrons. The molecule has 1 aliphatic heterocycles. The van der Waals surface area contributed by atoms with Gasteiger partial charge in [-0.15, -0.1) is 0 Å². The van der Waals surface area contributed by atoms with Crippen LogP contribution in [0.15, 0.2) is 47.1 Å². The number of rotatable bonds is 7. The van der Waals surface area contributed by atoms with Crippen LogP contribution in [0.3, 0.4) is 0 Å². The van der Waals surface area contributed by atoms with Crippen LogP contribution in [-0.2, 0) is 11.3 Å². The summed E-state index contributed by atoms with van der Waals surface area (Å²) >= 11 is 1.19. The molecule has 0 spiro atoms. The molecule has 4 rings (SSSR count). The fourth-order valence-corrected chi connectivity index (χ4v) is 4.55. The summed E-state index contributed by atoms with van der Waals surface area (Å²) < 4.78 is 10.9. The zero-order valence-corrected chi connectivity index (χ0v) is 18.4. The average Bonchev–Trinajstić information content (AvgIpc) is 3.44. The van der Waals surface area contributed by atoms with Gasteiger partial charge < -0.3 is 14.1 Å². The fraction of sp³-hybridized carbons (Fsp3) is 0.348. The van der Waals surface area contributed by atoms with Crippen molar-refractivity contribution in [2.45, 2.75) is 19.4 Å². The Labute approximate surface area is 185 Å². The van der Waals surface area contributed by atoms with E-state index < -0.39 is 0 Å². The van der Waals surface area contributed by atoms with Crippen molar-refractivity contribution < 1.29 is 18.7 Å². The van der Waals surface area contributed by atoms with Crippen LogP contribution in [0.5, 0.6) is 0 Å². The third kappa shape index (κ3) is 5.10. The molecule has 1 fully saturated rings. The number of ether oxygens (including phenoxy) is 1. The number of nitrogens with zero attached hydrogens (tertiary/aromatic N) is 2. The van der Waals surface area contributed by atoms with Crippen molar-refractivity contribution in [1.29, 1.82) is 0 Å². The highest BCUT2D eigenvalue weighted by molar-refractivity contribution is 7.18. The highest BCUT2D eigenvalue weighted by atomic mass is 32.1. The third-order valence-corrected chi connectivity index (χ3v) is 6.12. The lowest BCUT2D eigenvalue weighted by molar-refractivity contribution is 0.0547. The smallest absolute Gasteiger partial charge is 0.257 e. The minimum Gasteiger partial charge on any atom is -0.463 e. The molecule has 31 heavy (non-hydrogen) atoms. The van der Waals surface area contributed by atoms with Gasteiger partial charge in [0, 0.05) is 31.2 Å². The highest BCUT2D eigenvalue weighted by Gasteiger charge is 2.29. The monoisotopic (exact) mass is 439 g/mol. The molecule has 1 amide bonds. The average molecular weight is 440 g/mol. The largest absolute Gasteiger partial charge is 0.463 e. The lowest BCUT2D eigenvalue weighted by Gasteiger charge is -2.20. The number of hydrogen-bond acceptors (Lipinski definition) is 7. The maximum absolute atomic E-state index is 13.2.